The third-order valence-electron chi connectivity index (χ3n) is 4.98. The second kappa shape index (κ2) is 8.16. The quantitative estimate of drug-likeness (QED) is 0.855. The average Bonchev–Trinajstić information content (AvgIpc) is 3.46. The standard InChI is InChI=1S/C19H26ClN3O3/c1-22(11-14-10-15(20)7-8-17(14)26-2)19(25)21-16-4-3-9-23(12-16)18(24)13-5-6-13/h7-8,10,13,16H,3-6,9,11-12H2,1-2H3,(H,21,25). The third kappa shape index (κ3) is 4.61. The van der Waals surface area contributed by atoms with Gasteiger partial charge in [0.2, 0.25) is 5.91 Å². The van der Waals surface area contributed by atoms with Crippen molar-refractivity contribution in [1.82, 2.24) is 15.1 Å². The summed E-state index contributed by atoms with van der Waals surface area (Å²) in [6.45, 7) is 1.81. The molecule has 1 N–H and O–H groups in total. The van der Waals surface area contributed by atoms with Gasteiger partial charge in [0, 0.05) is 42.7 Å². The molecule has 1 aliphatic heterocycles. The lowest BCUT2D eigenvalue weighted by Gasteiger charge is -2.34. The van der Waals surface area contributed by atoms with Crippen LogP contribution in [0.5, 0.6) is 5.75 Å². The van der Waals surface area contributed by atoms with Gasteiger partial charge in [-0.2, -0.15) is 0 Å². The van der Waals surface area contributed by atoms with Crippen molar-refractivity contribution < 1.29 is 14.3 Å². The van der Waals surface area contributed by atoms with Gasteiger partial charge >= 0.3 is 6.03 Å². The molecule has 0 radical (unpaired) electrons. The van der Waals surface area contributed by atoms with Crippen LogP contribution in [-0.2, 0) is 11.3 Å². The lowest BCUT2D eigenvalue weighted by molar-refractivity contribution is -0.133. The molecule has 3 rings (SSSR count). The molecule has 3 amide bonds. The maximum absolute atomic E-state index is 12.6. The SMILES string of the molecule is COc1ccc(Cl)cc1CN(C)C(=O)NC1CCCN(C(=O)C2CC2)C1. The van der Waals surface area contributed by atoms with E-state index in [9.17, 15) is 9.59 Å². The number of ether oxygens (including phenoxy) is 1. The van der Waals surface area contributed by atoms with E-state index >= 15 is 0 Å². The number of benzene rings is 1. The number of halogens is 1. The molecule has 142 valence electrons. The van der Waals surface area contributed by atoms with E-state index in [1.807, 2.05) is 4.90 Å². The van der Waals surface area contributed by atoms with Gasteiger partial charge in [-0.3, -0.25) is 4.79 Å². The summed E-state index contributed by atoms with van der Waals surface area (Å²) in [5.41, 5.74) is 0.854. The van der Waals surface area contributed by atoms with Gasteiger partial charge in [-0.25, -0.2) is 4.79 Å². The van der Waals surface area contributed by atoms with E-state index in [0.29, 0.717) is 23.9 Å². The van der Waals surface area contributed by atoms with Crippen LogP contribution in [-0.4, -0.2) is 55.0 Å². The summed E-state index contributed by atoms with van der Waals surface area (Å²) < 4.78 is 5.34. The van der Waals surface area contributed by atoms with Crippen molar-refractivity contribution in [2.45, 2.75) is 38.3 Å². The van der Waals surface area contributed by atoms with E-state index in [1.165, 1.54) is 0 Å². The fraction of sp³-hybridized carbons (Fsp3) is 0.579. The van der Waals surface area contributed by atoms with E-state index < -0.39 is 0 Å². The molecule has 0 bridgehead atoms. The summed E-state index contributed by atoms with van der Waals surface area (Å²) in [6.07, 6.45) is 3.84. The molecule has 1 heterocycles. The monoisotopic (exact) mass is 379 g/mol. The van der Waals surface area contributed by atoms with Crippen LogP contribution in [0.2, 0.25) is 5.02 Å². The Kier molecular flexibility index (Phi) is 5.91. The van der Waals surface area contributed by atoms with Gasteiger partial charge in [-0.1, -0.05) is 11.6 Å². The van der Waals surface area contributed by atoms with Gasteiger partial charge in [-0.15, -0.1) is 0 Å². The van der Waals surface area contributed by atoms with Gasteiger partial charge in [0.05, 0.1) is 13.7 Å². The Labute approximate surface area is 159 Å². The highest BCUT2D eigenvalue weighted by molar-refractivity contribution is 6.30. The Balaban J connectivity index is 1.55. The Morgan fingerprint density at radius 3 is 2.81 bits per heavy atom. The molecule has 1 saturated heterocycles. The Morgan fingerprint density at radius 1 is 1.35 bits per heavy atom. The molecule has 1 unspecified atom stereocenters. The highest BCUT2D eigenvalue weighted by Gasteiger charge is 2.35. The average molecular weight is 380 g/mol. The number of hydrogen-bond acceptors (Lipinski definition) is 3. The number of piperidine rings is 1. The first-order chi connectivity index (χ1) is 12.5. The zero-order valence-corrected chi connectivity index (χ0v) is 16.1. The first kappa shape index (κ1) is 18.8. The summed E-state index contributed by atoms with van der Waals surface area (Å²) in [5.74, 6) is 1.18. The highest BCUT2D eigenvalue weighted by Crippen LogP contribution is 2.32. The zero-order valence-electron chi connectivity index (χ0n) is 15.3. The first-order valence-corrected chi connectivity index (χ1v) is 9.48. The number of rotatable bonds is 5. The molecule has 1 aromatic rings. The number of nitrogens with zero attached hydrogens (tertiary/aromatic N) is 2. The minimum atomic E-state index is -0.155. The summed E-state index contributed by atoms with van der Waals surface area (Å²) in [6, 6.07) is 5.21. The predicted octanol–water partition coefficient (Wildman–Crippen LogP) is 2.89. The minimum absolute atomic E-state index is 0.00246. The number of methoxy groups -OCH3 is 1. The maximum Gasteiger partial charge on any atom is 0.317 e. The number of amides is 3. The fourth-order valence-electron chi connectivity index (χ4n) is 3.37. The Bertz CT molecular complexity index is 678. The van der Waals surface area contributed by atoms with Crippen LogP contribution < -0.4 is 10.1 Å². The molecule has 2 aliphatic rings. The van der Waals surface area contributed by atoms with Crippen molar-refractivity contribution in [2.75, 3.05) is 27.2 Å². The van der Waals surface area contributed by atoms with Gasteiger partial charge in [0.1, 0.15) is 5.75 Å². The van der Waals surface area contributed by atoms with Crippen LogP contribution in [0.25, 0.3) is 0 Å². The number of carbonyl (C=O) groups is 2. The topological polar surface area (TPSA) is 61.9 Å². The van der Waals surface area contributed by atoms with E-state index in [0.717, 1.165) is 37.8 Å². The molecule has 1 aliphatic carbocycles. The smallest absolute Gasteiger partial charge is 0.317 e. The second-order valence-corrected chi connectivity index (χ2v) is 7.60. The van der Waals surface area contributed by atoms with Crippen molar-refractivity contribution >= 4 is 23.5 Å². The van der Waals surface area contributed by atoms with Crippen molar-refractivity contribution in [3.63, 3.8) is 0 Å². The Morgan fingerprint density at radius 2 is 2.12 bits per heavy atom. The molecule has 0 aromatic heterocycles. The van der Waals surface area contributed by atoms with Crippen molar-refractivity contribution in [2.24, 2.45) is 5.92 Å². The van der Waals surface area contributed by atoms with E-state index in [-0.39, 0.29) is 23.9 Å². The van der Waals surface area contributed by atoms with Crippen LogP contribution in [0.4, 0.5) is 4.79 Å². The zero-order chi connectivity index (χ0) is 18.7. The van der Waals surface area contributed by atoms with Crippen LogP contribution in [0, 0.1) is 5.92 Å². The number of urea groups is 1. The van der Waals surface area contributed by atoms with Crippen LogP contribution >= 0.6 is 11.6 Å². The number of likely N-dealkylation sites (tertiary alicyclic amines) is 1. The molecule has 7 heteroatoms. The highest BCUT2D eigenvalue weighted by atomic mass is 35.5. The molecule has 2 fully saturated rings. The van der Waals surface area contributed by atoms with Crippen LogP contribution in [0.1, 0.15) is 31.2 Å². The van der Waals surface area contributed by atoms with Crippen LogP contribution in [0.15, 0.2) is 18.2 Å². The minimum Gasteiger partial charge on any atom is -0.496 e. The summed E-state index contributed by atoms with van der Waals surface area (Å²) in [7, 11) is 3.34. The van der Waals surface area contributed by atoms with Gasteiger partial charge in [0.15, 0.2) is 0 Å². The normalized spacial score (nSPS) is 19.8. The molecule has 6 nitrogen and oxygen atoms in total. The number of carbonyl (C=O) groups excluding carboxylic acids is 2. The van der Waals surface area contributed by atoms with E-state index in [4.69, 9.17) is 16.3 Å². The molecular weight excluding hydrogens is 354 g/mol. The predicted molar refractivity (Wildman–Crippen MR) is 100 cm³/mol. The maximum atomic E-state index is 12.6. The van der Waals surface area contributed by atoms with Crippen LogP contribution in [0.3, 0.4) is 0 Å². The van der Waals surface area contributed by atoms with Gasteiger partial charge in [0.25, 0.3) is 0 Å². The molecule has 1 atom stereocenters. The van der Waals surface area contributed by atoms with Crippen molar-refractivity contribution in [1.29, 1.82) is 0 Å². The molecular formula is C19H26ClN3O3. The van der Waals surface area contributed by atoms with Crippen molar-refractivity contribution in [3.8, 4) is 5.75 Å². The van der Waals surface area contributed by atoms with Crippen molar-refractivity contribution in [3.05, 3.63) is 28.8 Å². The van der Waals surface area contributed by atoms with Gasteiger partial charge in [-0.05, 0) is 43.9 Å². The number of hydrogen-bond donors (Lipinski definition) is 1. The molecule has 0 spiro atoms. The lowest BCUT2D eigenvalue weighted by Crippen LogP contribution is -2.52. The number of nitrogens with one attached hydrogen (secondary N) is 1. The molecule has 1 saturated carbocycles. The summed E-state index contributed by atoms with van der Waals surface area (Å²) in [5, 5.41) is 3.66. The Hall–Kier alpha value is -1.95. The second-order valence-electron chi connectivity index (χ2n) is 7.16. The first-order valence-electron chi connectivity index (χ1n) is 9.10. The molecule has 26 heavy (non-hydrogen) atoms. The molecule has 1 aromatic carbocycles. The van der Waals surface area contributed by atoms with Gasteiger partial charge < -0.3 is 19.9 Å². The van der Waals surface area contributed by atoms with E-state index in [1.54, 1.807) is 37.3 Å². The third-order valence-corrected chi connectivity index (χ3v) is 5.22. The fourth-order valence-corrected chi connectivity index (χ4v) is 3.56. The van der Waals surface area contributed by atoms with E-state index in [2.05, 4.69) is 5.32 Å². The largest absolute Gasteiger partial charge is 0.496 e. The summed E-state index contributed by atoms with van der Waals surface area (Å²) in [4.78, 5) is 28.3. The lowest BCUT2D eigenvalue weighted by atomic mass is 10.1. The summed E-state index contributed by atoms with van der Waals surface area (Å²) >= 11 is 6.06.